The fourth-order valence-electron chi connectivity index (χ4n) is 1.12. The van der Waals surface area contributed by atoms with E-state index in [1.165, 1.54) is 5.32 Å². The Kier molecular flexibility index (Phi) is 4.86. The van der Waals surface area contributed by atoms with Gasteiger partial charge in [-0.25, -0.2) is 27.2 Å². The van der Waals surface area contributed by atoms with E-state index in [0.717, 1.165) is 0 Å². The fraction of sp³-hybridized carbons (Fsp3) is 0.200. The molecule has 0 bridgehead atoms. The summed E-state index contributed by atoms with van der Waals surface area (Å²) in [6, 6.07) is -1.39. The molecule has 1 rings (SSSR count). The SMILES string of the molecule is O=C(NC[C@H](O)C(=O)O)Nc1c(F)c(F)cc(F)c1F. The first-order valence-corrected chi connectivity index (χ1v) is 5.02. The molecule has 4 N–H and O–H groups in total. The van der Waals surface area contributed by atoms with Crippen molar-refractivity contribution in [1.82, 2.24) is 5.32 Å². The maximum Gasteiger partial charge on any atom is 0.334 e. The zero-order chi connectivity index (χ0) is 15.4. The number of hydrogen-bond donors (Lipinski definition) is 4. The van der Waals surface area contributed by atoms with E-state index >= 15 is 0 Å². The third-order valence-corrected chi connectivity index (χ3v) is 2.09. The van der Waals surface area contributed by atoms with Gasteiger partial charge < -0.3 is 20.8 Å². The molecule has 110 valence electrons. The predicted octanol–water partition coefficient (Wildman–Crippen LogP) is 0.810. The summed E-state index contributed by atoms with van der Waals surface area (Å²) < 4.78 is 52.0. The highest BCUT2D eigenvalue weighted by molar-refractivity contribution is 5.90. The van der Waals surface area contributed by atoms with Crippen molar-refractivity contribution >= 4 is 17.7 Å². The smallest absolute Gasteiger partial charge is 0.334 e. The predicted molar refractivity (Wildman–Crippen MR) is 56.9 cm³/mol. The number of carbonyl (C=O) groups is 2. The van der Waals surface area contributed by atoms with Crippen LogP contribution in [-0.2, 0) is 4.79 Å². The van der Waals surface area contributed by atoms with Crippen LogP contribution < -0.4 is 10.6 Å². The molecule has 0 saturated heterocycles. The minimum Gasteiger partial charge on any atom is -0.479 e. The molecule has 0 aromatic heterocycles. The van der Waals surface area contributed by atoms with E-state index in [-0.39, 0.29) is 6.07 Å². The lowest BCUT2D eigenvalue weighted by Crippen LogP contribution is -2.39. The van der Waals surface area contributed by atoms with Gasteiger partial charge in [-0.3, -0.25) is 0 Å². The Morgan fingerprint density at radius 3 is 2.10 bits per heavy atom. The number of aliphatic carboxylic acids is 1. The van der Waals surface area contributed by atoms with Gasteiger partial charge >= 0.3 is 12.0 Å². The lowest BCUT2D eigenvalue weighted by Gasteiger charge is -2.11. The lowest BCUT2D eigenvalue weighted by atomic mass is 10.2. The number of aliphatic hydroxyl groups excluding tert-OH is 1. The van der Waals surface area contributed by atoms with E-state index < -0.39 is 53.6 Å². The number of rotatable bonds is 4. The Hall–Kier alpha value is -2.36. The van der Waals surface area contributed by atoms with E-state index in [2.05, 4.69) is 0 Å². The zero-order valence-electron chi connectivity index (χ0n) is 9.58. The molecule has 0 aliphatic carbocycles. The standard InChI is InChI=1S/C10H8F4N2O4/c11-3-1-4(12)7(14)8(6(3)13)16-10(20)15-2-5(17)9(18)19/h1,5,17H,2H2,(H,18,19)(H2,15,16,20)/t5-/m0/s1. The van der Waals surface area contributed by atoms with Crippen LogP contribution in [0.1, 0.15) is 0 Å². The van der Waals surface area contributed by atoms with Crippen molar-refractivity contribution in [3.05, 3.63) is 29.3 Å². The number of anilines is 1. The number of aliphatic hydroxyl groups is 1. The highest BCUT2D eigenvalue weighted by Gasteiger charge is 2.21. The molecule has 1 aromatic carbocycles. The molecule has 0 aliphatic heterocycles. The van der Waals surface area contributed by atoms with E-state index in [0.29, 0.717) is 0 Å². The van der Waals surface area contributed by atoms with E-state index in [9.17, 15) is 27.2 Å². The Bertz CT molecular complexity index is 526. The molecule has 0 spiro atoms. The Balaban J connectivity index is 2.79. The summed E-state index contributed by atoms with van der Waals surface area (Å²) >= 11 is 0. The minimum atomic E-state index is -1.94. The Morgan fingerprint density at radius 2 is 1.65 bits per heavy atom. The van der Waals surface area contributed by atoms with Crippen molar-refractivity contribution in [2.45, 2.75) is 6.10 Å². The largest absolute Gasteiger partial charge is 0.479 e. The highest BCUT2D eigenvalue weighted by Crippen LogP contribution is 2.23. The zero-order valence-corrected chi connectivity index (χ0v) is 9.58. The molecule has 0 fully saturated rings. The van der Waals surface area contributed by atoms with Crippen LogP contribution in [0.5, 0.6) is 0 Å². The van der Waals surface area contributed by atoms with E-state index in [1.807, 2.05) is 0 Å². The second-order valence-electron chi connectivity index (χ2n) is 3.53. The van der Waals surface area contributed by atoms with Crippen molar-refractivity contribution in [3.8, 4) is 0 Å². The highest BCUT2D eigenvalue weighted by atomic mass is 19.2. The molecule has 1 aromatic rings. The average molecular weight is 296 g/mol. The molecule has 2 amide bonds. The van der Waals surface area contributed by atoms with Gasteiger partial charge in [0, 0.05) is 6.07 Å². The fourth-order valence-corrected chi connectivity index (χ4v) is 1.12. The number of carboxylic acids is 1. The number of nitrogens with one attached hydrogen (secondary N) is 2. The van der Waals surface area contributed by atoms with Crippen LogP contribution in [-0.4, -0.2) is 34.9 Å². The van der Waals surface area contributed by atoms with Crippen LogP contribution in [0.2, 0.25) is 0 Å². The van der Waals surface area contributed by atoms with Crippen molar-refractivity contribution in [2.24, 2.45) is 0 Å². The summed E-state index contributed by atoms with van der Waals surface area (Å²) in [4.78, 5) is 21.4. The van der Waals surface area contributed by atoms with Gasteiger partial charge in [0.25, 0.3) is 0 Å². The van der Waals surface area contributed by atoms with Gasteiger partial charge in [-0.2, -0.15) is 0 Å². The molecule has 20 heavy (non-hydrogen) atoms. The monoisotopic (exact) mass is 296 g/mol. The molecule has 0 heterocycles. The number of carboxylic acid groups (broad SMARTS) is 1. The van der Waals surface area contributed by atoms with Crippen LogP contribution >= 0.6 is 0 Å². The lowest BCUT2D eigenvalue weighted by molar-refractivity contribution is -0.146. The van der Waals surface area contributed by atoms with Gasteiger partial charge in [-0.1, -0.05) is 0 Å². The number of hydrogen-bond acceptors (Lipinski definition) is 3. The quantitative estimate of drug-likeness (QED) is 0.488. The van der Waals surface area contributed by atoms with Crippen LogP contribution in [0.15, 0.2) is 6.07 Å². The molecule has 0 radical (unpaired) electrons. The van der Waals surface area contributed by atoms with Gasteiger partial charge in [0.2, 0.25) is 0 Å². The summed E-state index contributed by atoms with van der Waals surface area (Å²) in [6.45, 7) is -0.776. The maximum absolute atomic E-state index is 13.2. The van der Waals surface area contributed by atoms with E-state index in [1.54, 1.807) is 5.32 Å². The van der Waals surface area contributed by atoms with Crippen LogP contribution in [0.25, 0.3) is 0 Å². The van der Waals surface area contributed by atoms with Crippen molar-refractivity contribution < 1.29 is 37.4 Å². The van der Waals surface area contributed by atoms with Gasteiger partial charge in [-0.05, 0) is 0 Å². The molecule has 1 atom stereocenters. The second-order valence-corrected chi connectivity index (χ2v) is 3.53. The molecule has 0 aliphatic rings. The summed E-state index contributed by atoms with van der Waals surface area (Å²) in [7, 11) is 0. The Morgan fingerprint density at radius 1 is 1.15 bits per heavy atom. The number of amides is 2. The maximum atomic E-state index is 13.2. The number of carbonyl (C=O) groups excluding carboxylic acids is 1. The molecule has 0 saturated carbocycles. The Labute approximate surface area is 109 Å². The average Bonchev–Trinajstić information content (AvgIpc) is 2.38. The molecular weight excluding hydrogens is 288 g/mol. The van der Waals surface area contributed by atoms with Gasteiger partial charge in [0.15, 0.2) is 29.4 Å². The molecule has 6 nitrogen and oxygen atoms in total. The van der Waals surface area contributed by atoms with Crippen LogP contribution in [0.4, 0.5) is 28.0 Å². The van der Waals surface area contributed by atoms with Gasteiger partial charge in [0.1, 0.15) is 5.69 Å². The van der Waals surface area contributed by atoms with E-state index in [4.69, 9.17) is 10.2 Å². The van der Waals surface area contributed by atoms with Crippen molar-refractivity contribution in [1.29, 1.82) is 0 Å². The summed E-state index contributed by atoms with van der Waals surface area (Å²) in [5.41, 5.74) is -1.37. The minimum absolute atomic E-state index is 0.0397. The summed E-state index contributed by atoms with van der Waals surface area (Å²) in [5.74, 6) is -8.72. The number of urea groups is 1. The molecule has 0 unspecified atom stereocenters. The van der Waals surface area contributed by atoms with Crippen molar-refractivity contribution in [2.75, 3.05) is 11.9 Å². The number of halogens is 4. The third kappa shape index (κ3) is 3.57. The summed E-state index contributed by atoms with van der Waals surface area (Å²) in [5, 5.41) is 20.4. The van der Waals surface area contributed by atoms with Crippen molar-refractivity contribution in [3.63, 3.8) is 0 Å². The topological polar surface area (TPSA) is 98.7 Å². The number of benzene rings is 1. The molecule has 10 heteroatoms. The van der Waals surface area contributed by atoms with Gasteiger partial charge in [0.05, 0.1) is 6.54 Å². The van der Waals surface area contributed by atoms with Crippen LogP contribution in [0, 0.1) is 23.3 Å². The second kappa shape index (κ2) is 6.19. The first kappa shape index (κ1) is 15.7. The van der Waals surface area contributed by atoms with Crippen LogP contribution in [0.3, 0.4) is 0 Å². The van der Waals surface area contributed by atoms with Gasteiger partial charge in [-0.15, -0.1) is 0 Å². The first-order chi connectivity index (χ1) is 9.23. The normalized spacial score (nSPS) is 11.8. The summed E-state index contributed by atoms with van der Waals surface area (Å²) in [6.07, 6.45) is -1.94. The third-order valence-electron chi connectivity index (χ3n) is 2.09. The first-order valence-electron chi connectivity index (χ1n) is 5.02. The molecular formula is C10H8F4N2O4.